The zero-order chi connectivity index (χ0) is 14.5. The Labute approximate surface area is 123 Å². The first-order valence-corrected chi connectivity index (χ1v) is 7.01. The second kappa shape index (κ2) is 6.61. The third-order valence-corrected chi connectivity index (χ3v) is 3.88. The highest BCUT2D eigenvalue weighted by atomic mass is 35.5. The summed E-state index contributed by atoms with van der Waals surface area (Å²) in [6.45, 7) is 1.36. The number of halogens is 1. The topological polar surface area (TPSA) is 75.4 Å². The predicted molar refractivity (Wildman–Crippen MR) is 78.4 cm³/mol. The summed E-state index contributed by atoms with van der Waals surface area (Å²) in [5.74, 6) is -0.366. The number of para-hydroxylation sites is 1. The minimum atomic E-state index is -0.272. The van der Waals surface area contributed by atoms with Crippen LogP contribution in [0.25, 0.3) is 0 Å². The molecule has 20 heavy (non-hydrogen) atoms. The van der Waals surface area contributed by atoms with Crippen molar-refractivity contribution in [1.29, 1.82) is 0 Å². The average molecular weight is 296 g/mol. The van der Waals surface area contributed by atoms with Gasteiger partial charge in [-0.3, -0.25) is 9.59 Å². The number of carbonyl (C=O) groups excluding carboxylic acids is 2. The molecule has 2 amide bonds. The Balaban J connectivity index is 1.82. The molecule has 0 saturated carbocycles. The van der Waals surface area contributed by atoms with Gasteiger partial charge in [-0.15, -0.1) is 0 Å². The Kier molecular flexibility index (Phi) is 4.84. The highest BCUT2D eigenvalue weighted by Gasteiger charge is 2.25. The lowest BCUT2D eigenvalue weighted by Crippen LogP contribution is -2.43. The summed E-state index contributed by atoms with van der Waals surface area (Å²) >= 11 is 6.01. The highest BCUT2D eigenvalue weighted by molar-refractivity contribution is 6.33. The standard InChI is InChI=1S/C14H18ClN3O2/c15-11-3-1-2-4-12(11)17-9-13(19)18-7-5-10(6-8-18)14(16)20/h1-4,10,17H,5-9H2,(H2,16,20). The Morgan fingerprint density at radius 1 is 1.30 bits per heavy atom. The van der Waals surface area contributed by atoms with E-state index in [1.165, 1.54) is 0 Å². The van der Waals surface area contributed by atoms with E-state index in [2.05, 4.69) is 5.32 Å². The van der Waals surface area contributed by atoms with E-state index in [1.54, 1.807) is 11.0 Å². The first-order valence-electron chi connectivity index (χ1n) is 6.63. The molecule has 5 nitrogen and oxygen atoms in total. The summed E-state index contributed by atoms with van der Waals surface area (Å²) < 4.78 is 0. The fraction of sp³-hybridized carbons (Fsp3) is 0.429. The quantitative estimate of drug-likeness (QED) is 0.883. The number of piperidine rings is 1. The van der Waals surface area contributed by atoms with Crippen molar-refractivity contribution in [2.24, 2.45) is 11.7 Å². The number of nitrogens with two attached hydrogens (primary N) is 1. The van der Waals surface area contributed by atoms with Crippen LogP contribution in [0.15, 0.2) is 24.3 Å². The van der Waals surface area contributed by atoms with E-state index in [0.29, 0.717) is 31.0 Å². The summed E-state index contributed by atoms with van der Waals surface area (Å²) in [4.78, 5) is 24.9. The van der Waals surface area contributed by atoms with Crippen LogP contribution in [0.2, 0.25) is 5.02 Å². The fourth-order valence-corrected chi connectivity index (χ4v) is 2.50. The molecular weight excluding hydrogens is 278 g/mol. The van der Waals surface area contributed by atoms with Gasteiger partial charge in [-0.2, -0.15) is 0 Å². The number of amides is 2. The van der Waals surface area contributed by atoms with Crippen molar-refractivity contribution in [3.8, 4) is 0 Å². The van der Waals surface area contributed by atoms with Crippen molar-refractivity contribution < 1.29 is 9.59 Å². The normalized spacial score (nSPS) is 15.9. The van der Waals surface area contributed by atoms with Crippen LogP contribution >= 0.6 is 11.6 Å². The molecule has 1 aliphatic heterocycles. The van der Waals surface area contributed by atoms with Gasteiger partial charge in [0.1, 0.15) is 0 Å². The van der Waals surface area contributed by atoms with Gasteiger partial charge in [-0.1, -0.05) is 23.7 Å². The van der Waals surface area contributed by atoms with Crippen molar-refractivity contribution >= 4 is 29.1 Å². The third-order valence-electron chi connectivity index (χ3n) is 3.55. The predicted octanol–water partition coefficient (Wildman–Crippen LogP) is 1.48. The first-order chi connectivity index (χ1) is 9.58. The zero-order valence-electron chi connectivity index (χ0n) is 11.1. The molecule has 2 rings (SSSR count). The van der Waals surface area contributed by atoms with Crippen LogP contribution in [0.1, 0.15) is 12.8 Å². The zero-order valence-corrected chi connectivity index (χ0v) is 11.9. The summed E-state index contributed by atoms with van der Waals surface area (Å²) in [5, 5.41) is 3.62. The van der Waals surface area contributed by atoms with Crippen molar-refractivity contribution in [3.63, 3.8) is 0 Å². The summed E-state index contributed by atoms with van der Waals surface area (Å²) in [5.41, 5.74) is 6.02. The SMILES string of the molecule is NC(=O)C1CCN(C(=O)CNc2ccccc2Cl)CC1. The maximum Gasteiger partial charge on any atom is 0.241 e. The lowest BCUT2D eigenvalue weighted by atomic mass is 9.96. The molecule has 1 fully saturated rings. The number of carbonyl (C=O) groups is 2. The molecular formula is C14H18ClN3O2. The van der Waals surface area contributed by atoms with Gasteiger partial charge in [-0.25, -0.2) is 0 Å². The van der Waals surface area contributed by atoms with Crippen LogP contribution in [0, 0.1) is 5.92 Å². The van der Waals surface area contributed by atoms with Crippen LogP contribution in [-0.4, -0.2) is 36.3 Å². The van der Waals surface area contributed by atoms with Gasteiger partial charge in [0.2, 0.25) is 11.8 Å². The van der Waals surface area contributed by atoms with Gasteiger partial charge in [0, 0.05) is 19.0 Å². The van der Waals surface area contributed by atoms with Crippen molar-refractivity contribution in [1.82, 2.24) is 4.90 Å². The number of hydrogen-bond acceptors (Lipinski definition) is 3. The lowest BCUT2D eigenvalue weighted by Gasteiger charge is -2.30. The number of hydrogen-bond donors (Lipinski definition) is 2. The second-order valence-corrected chi connectivity index (χ2v) is 5.30. The number of primary amides is 1. The Morgan fingerprint density at radius 2 is 1.95 bits per heavy atom. The maximum atomic E-state index is 12.1. The molecule has 0 spiro atoms. The monoisotopic (exact) mass is 295 g/mol. The van der Waals surface area contributed by atoms with Gasteiger partial charge in [-0.05, 0) is 25.0 Å². The van der Waals surface area contributed by atoms with E-state index in [9.17, 15) is 9.59 Å². The average Bonchev–Trinajstić information content (AvgIpc) is 2.46. The third kappa shape index (κ3) is 3.63. The minimum Gasteiger partial charge on any atom is -0.375 e. The molecule has 1 saturated heterocycles. The van der Waals surface area contributed by atoms with Crippen LogP contribution in [0.4, 0.5) is 5.69 Å². The molecule has 6 heteroatoms. The van der Waals surface area contributed by atoms with Crippen LogP contribution in [-0.2, 0) is 9.59 Å². The molecule has 0 radical (unpaired) electrons. The Bertz CT molecular complexity index is 499. The van der Waals surface area contributed by atoms with Crippen molar-refractivity contribution in [2.75, 3.05) is 25.0 Å². The second-order valence-electron chi connectivity index (χ2n) is 4.89. The molecule has 0 aliphatic carbocycles. The highest BCUT2D eigenvalue weighted by Crippen LogP contribution is 2.21. The number of rotatable bonds is 4. The van der Waals surface area contributed by atoms with E-state index in [4.69, 9.17) is 17.3 Å². The number of nitrogens with zero attached hydrogens (tertiary/aromatic N) is 1. The van der Waals surface area contributed by atoms with E-state index in [-0.39, 0.29) is 24.3 Å². The molecule has 0 aromatic heterocycles. The van der Waals surface area contributed by atoms with Crippen LogP contribution in [0.3, 0.4) is 0 Å². The van der Waals surface area contributed by atoms with E-state index < -0.39 is 0 Å². The van der Waals surface area contributed by atoms with E-state index >= 15 is 0 Å². The summed E-state index contributed by atoms with van der Waals surface area (Å²) in [7, 11) is 0. The number of anilines is 1. The summed E-state index contributed by atoms with van der Waals surface area (Å²) in [6, 6.07) is 7.29. The number of nitrogens with one attached hydrogen (secondary N) is 1. The van der Waals surface area contributed by atoms with Gasteiger partial charge in [0.25, 0.3) is 0 Å². The van der Waals surface area contributed by atoms with E-state index in [0.717, 1.165) is 5.69 Å². The molecule has 0 atom stereocenters. The number of benzene rings is 1. The Morgan fingerprint density at radius 3 is 2.55 bits per heavy atom. The molecule has 1 heterocycles. The number of likely N-dealkylation sites (tertiary alicyclic amines) is 1. The molecule has 1 aromatic carbocycles. The molecule has 1 aromatic rings. The Hall–Kier alpha value is -1.75. The largest absolute Gasteiger partial charge is 0.375 e. The van der Waals surface area contributed by atoms with E-state index in [1.807, 2.05) is 18.2 Å². The smallest absolute Gasteiger partial charge is 0.241 e. The molecule has 108 valence electrons. The van der Waals surface area contributed by atoms with Crippen molar-refractivity contribution in [2.45, 2.75) is 12.8 Å². The first kappa shape index (κ1) is 14.7. The minimum absolute atomic E-state index is 0.00726. The lowest BCUT2D eigenvalue weighted by molar-refractivity contribution is -0.133. The van der Waals surface area contributed by atoms with Crippen LogP contribution < -0.4 is 11.1 Å². The fourth-order valence-electron chi connectivity index (χ4n) is 2.30. The van der Waals surface area contributed by atoms with Gasteiger partial charge in [0.15, 0.2) is 0 Å². The van der Waals surface area contributed by atoms with Crippen molar-refractivity contribution in [3.05, 3.63) is 29.3 Å². The molecule has 0 unspecified atom stereocenters. The molecule has 1 aliphatic rings. The maximum absolute atomic E-state index is 12.1. The molecule has 0 bridgehead atoms. The van der Waals surface area contributed by atoms with Gasteiger partial charge < -0.3 is 16.0 Å². The van der Waals surface area contributed by atoms with Gasteiger partial charge >= 0.3 is 0 Å². The summed E-state index contributed by atoms with van der Waals surface area (Å²) in [6.07, 6.45) is 1.29. The molecule has 3 N–H and O–H groups in total. The van der Waals surface area contributed by atoms with Gasteiger partial charge in [0.05, 0.1) is 17.3 Å². The van der Waals surface area contributed by atoms with Crippen LogP contribution in [0.5, 0.6) is 0 Å².